The van der Waals surface area contributed by atoms with Crippen LogP contribution in [0.3, 0.4) is 0 Å². The minimum absolute atomic E-state index is 0.0405. The summed E-state index contributed by atoms with van der Waals surface area (Å²) < 4.78 is 15.9. The van der Waals surface area contributed by atoms with Crippen LogP contribution in [-0.4, -0.2) is 31.5 Å². The number of anilines is 2. The van der Waals surface area contributed by atoms with Crippen LogP contribution in [0.2, 0.25) is 0 Å². The molecule has 0 aliphatic rings. The van der Waals surface area contributed by atoms with E-state index in [1.165, 1.54) is 0 Å². The molecule has 0 heterocycles. The number of aryl methyl sites for hydroxylation is 1. The third kappa shape index (κ3) is 8.16. The summed E-state index contributed by atoms with van der Waals surface area (Å²) in [5, 5.41) is 5.52. The van der Waals surface area contributed by atoms with Crippen molar-refractivity contribution in [1.82, 2.24) is 0 Å². The van der Waals surface area contributed by atoms with Gasteiger partial charge in [-0.05, 0) is 86.0 Å². The van der Waals surface area contributed by atoms with Crippen LogP contribution in [0, 0.1) is 13.8 Å². The van der Waals surface area contributed by atoms with E-state index in [1.54, 1.807) is 61.7 Å². The minimum Gasteiger partial charge on any atom is -0.497 e. The zero-order chi connectivity index (χ0) is 25.9. The lowest BCUT2D eigenvalue weighted by Gasteiger charge is -2.10. The van der Waals surface area contributed by atoms with Crippen molar-refractivity contribution < 1.29 is 28.6 Å². The van der Waals surface area contributed by atoms with E-state index in [0.717, 1.165) is 16.9 Å². The molecule has 0 saturated heterocycles. The van der Waals surface area contributed by atoms with E-state index >= 15 is 0 Å². The third-order valence-electron chi connectivity index (χ3n) is 5.46. The van der Waals surface area contributed by atoms with Gasteiger partial charge < -0.3 is 24.8 Å². The molecule has 0 unspecified atom stereocenters. The molecule has 8 nitrogen and oxygen atoms in total. The Kier molecular flexibility index (Phi) is 9.45. The molecule has 36 heavy (non-hydrogen) atoms. The number of carbonyl (C=O) groups excluding carboxylic acids is 3. The van der Waals surface area contributed by atoms with Crippen LogP contribution < -0.4 is 20.1 Å². The Hall–Kier alpha value is -4.33. The van der Waals surface area contributed by atoms with E-state index in [4.69, 9.17) is 14.2 Å². The van der Waals surface area contributed by atoms with Gasteiger partial charge in [-0.25, -0.2) is 0 Å². The number of nitrogens with one attached hydrogen (secondary N) is 2. The van der Waals surface area contributed by atoms with Crippen molar-refractivity contribution >= 4 is 29.2 Å². The van der Waals surface area contributed by atoms with Gasteiger partial charge in [0.15, 0.2) is 6.61 Å². The molecular weight excluding hydrogens is 460 g/mol. The van der Waals surface area contributed by atoms with Crippen LogP contribution in [0.5, 0.6) is 17.2 Å². The molecule has 0 spiro atoms. The second-order valence-corrected chi connectivity index (χ2v) is 8.16. The zero-order valence-corrected chi connectivity index (χ0v) is 20.6. The smallest absolute Gasteiger partial charge is 0.306 e. The van der Waals surface area contributed by atoms with Crippen molar-refractivity contribution in [3.63, 3.8) is 0 Å². The Labute approximate surface area is 210 Å². The summed E-state index contributed by atoms with van der Waals surface area (Å²) in [6.07, 6.45) is 0.495. The van der Waals surface area contributed by atoms with Crippen molar-refractivity contribution in [2.24, 2.45) is 0 Å². The molecule has 2 N–H and O–H groups in total. The number of benzene rings is 3. The van der Waals surface area contributed by atoms with Crippen LogP contribution in [0.15, 0.2) is 66.7 Å². The summed E-state index contributed by atoms with van der Waals surface area (Å²) in [5.74, 6) is 0.879. The molecule has 0 radical (unpaired) electrons. The van der Waals surface area contributed by atoms with E-state index < -0.39 is 11.9 Å². The molecule has 0 atom stereocenters. The Bertz CT molecular complexity index is 1190. The average molecular weight is 491 g/mol. The highest BCUT2D eigenvalue weighted by Crippen LogP contribution is 2.25. The number of esters is 1. The van der Waals surface area contributed by atoms with E-state index in [9.17, 15) is 14.4 Å². The third-order valence-corrected chi connectivity index (χ3v) is 5.46. The van der Waals surface area contributed by atoms with E-state index in [-0.39, 0.29) is 25.4 Å². The number of hydrogen-bond acceptors (Lipinski definition) is 6. The zero-order valence-electron chi connectivity index (χ0n) is 20.6. The van der Waals surface area contributed by atoms with Gasteiger partial charge in [0.25, 0.3) is 5.91 Å². The molecule has 3 aromatic rings. The van der Waals surface area contributed by atoms with Crippen molar-refractivity contribution in [1.29, 1.82) is 0 Å². The average Bonchev–Trinajstić information content (AvgIpc) is 2.87. The van der Waals surface area contributed by atoms with Gasteiger partial charge in [0, 0.05) is 24.2 Å². The molecule has 0 aliphatic carbocycles. The molecular formula is C28H30N2O6. The first-order chi connectivity index (χ1) is 17.3. The first-order valence-electron chi connectivity index (χ1n) is 11.6. The normalized spacial score (nSPS) is 10.3. The van der Waals surface area contributed by atoms with E-state index in [1.807, 2.05) is 26.0 Å². The molecule has 0 fully saturated rings. The Morgan fingerprint density at radius 3 is 2.06 bits per heavy atom. The maximum Gasteiger partial charge on any atom is 0.306 e. The van der Waals surface area contributed by atoms with Crippen LogP contribution in [0.4, 0.5) is 11.4 Å². The van der Waals surface area contributed by atoms with E-state index in [2.05, 4.69) is 10.6 Å². The monoisotopic (exact) mass is 490 g/mol. The fourth-order valence-corrected chi connectivity index (χ4v) is 3.29. The van der Waals surface area contributed by atoms with Crippen LogP contribution in [-0.2, 0) is 19.1 Å². The molecule has 3 aromatic carbocycles. The lowest BCUT2D eigenvalue weighted by molar-refractivity contribution is -0.147. The molecule has 0 aromatic heterocycles. The number of hydrogen-bond donors (Lipinski definition) is 2. The summed E-state index contributed by atoms with van der Waals surface area (Å²) in [7, 11) is 1.60. The quantitative estimate of drug-likeness (QED) is 0.349. The maximum atomic E-state index is 12.2. The minimum atomic E-state index is -0.529. The van der Waals surface area contributed by atoms with Gasteiger partial charge >= 0.3 is 5.97 Å². The lowest BCUT2D eigenvalue weighted by atomic mass is 10.1. The highest BCUT2D eigenvalue weighted by atomic mass is 16.5. The largest absolute Gasteiger partial charge is 0.497 e. The molecule has 188 valence electrons. The summed E-state index contributed by atoms with van der Waals surface area (Å²) in [6, 6.07) is 19.8. The Morgan fingerprint density at radius 1 is 0.750 bits per heavy atom. The summed E-state index contributed by atoms with van der Waals surface area (Å²) in [5.41, 5.74) is 3.32. The SMILES string of the molecule is COc1ccc(Oc2ccc(NC(=O)CCCC(=O)OCC(=O)Nc3cccc(C)c3C)cc2)cc1. The van der Waals surface area contributed by atoms with Gasteiger partial charge in [-0.1, -0.05) is 12.1 Å². The summed E-state index contributed by atoms with van der Waals surface area (Å²) >= 11 is 0. The van der Waals surface area contributed by atoms with Gasteiger partial charge in [0.05, 0.1) is 7.11 Å². The fourth-order valence-electron chi connectivity index (χ4n) is 3.29. The highest BCUT2D eigenvalue weighted by molar-refractivity contribution is 5.94. The standard InChI is InChI=1S/C28H30N2O6/c1-19-6-4-7-25(20(19)2)30-27(32)18-35-28(33)9-5-8-26(31)29-21-10-12-23(13-11-21)36-24-16-14-22(34-3)15-17-24/h4,6-7,10-17H,5,8-9,18H2,1-3H3,(H,29,31)(H,30,32). The van der Waals surface area contributed by atoms with Crippen molar-refractivity contribution in [2.75, 3.05) is 24.4 Å². The van der Waals surface area contributed by atoms with Gasteiger partial charge in [-0.2, -0.15) is 0 Å². The second-order valence-electron chi connectivity index (χ2n) is 8.16. The maximum absolute atomic E-state index is 12.2. The summed E-state index contributed by atoms with van der Waals surface area (Å²) in [4.78, 5) is 36.2. The predicted molar refractivity (Wildman–Crippen MR) is 137 cm³/mol. The first-order valence-corrected chi connectivity index (χ1v) is 11.6. The number of carbonyl (C=O) groups is 3. The van der Waals surface area contributed by atoms with Gasteiger partial charge in [-0.15, -0.1) is 0 Å². The molecule has 8 heteroatoms. The molecule has 0 saturated carbocycles. The van der Waals surface area contributed by atoms with E-state index in [0.29, 0.717) is 29.3 Å². The Balaban J connectivity index is 1.34. The van der Waals surface area contributed by atoms with Crippen molar-refractivity contribution in [3.8, 4) is 17.2 Å². The van der Waals surface area contributed by atoms with Crippen molar-refractivity contribution in [2.45, 2.75) is 33.1 Å². The Morgan fingerprint density at radius 2 is 1.39 bits per heavy atom. The number of rotatable bonds is 11. The topological polar surface area (TPSA) is 103 Å². The summed E-state index contributed by atoms with van der Waals surface area (Å²) in [6.45, 7) is 3.49. The van der Waals surface area contributed by atoms with Gasteiger partial charge in [0.1, 0.15) is 17.2 Å². The van der Waals surface area contributed by atoms with Gasteiger partial charge in [0.2, 0.25) is 5.91 Å². The molecule has 2 amide bonds. The van der Waals surface area contributed by atoms with Crippen LogP contribution >= 0.6 is 0 Å². The lowest BCUT2D eigenvalue weighted by Crippen LogP contribution is -2.21. The molecule has 3 rings (SSSR count). The number of methoxy groups -OCH3 is 1. The second kappa shape index (κ2) is 12.9. The number of amides is 2. The van der Waals surface area contributed by atoms with Gasteiger partial charge in [-0.3, -0.25) is 14.4 Å². The number of ether oxygens (including phenoxy) is 3. The highest BCUT2D eigenvalue weighted by Gasteiger charge is 2.11. The fraction of sp³-hybridized carbons (Fsp3) is 0.250. The predicted octanol–water partition coefficient (Wildman–Crippen LogP) is 5.40. The first kappa shape index (κ1) is 26.3. The van der Waals surface area contributed by atoms with Crippen LogP contribution in [0.1, 0.15) is 30.4 Å². The molecule has 0 aliphatic heterocycles. The molecule has 0 bridgehead atoms. The van der Waals surface area contributed by atoms with Crippen molar-refractivity contribution in [3.05, 3.63) is 77.9 Å². The van der Waals surface area contributed by atoms with Crippen LogP contribution in [0.25, 0.3) is 0 Å².